The highest BCUT2D eigenvalue weighted by atomic mass is 79.9. The topological polar surface area (TPSA) is 89.6 Å². The predicted octanol–water partition coefficient (Wildman–Crippen LogP) is 2.34. The molecule has 0 radical (unpaired) electrons. The molecule has 3 amide bonds. The van der Waals surface area contributed by atoms with Gasteiger partial charge in [0.05, 0.1) is 6.54 Å². The summed E-state index contributed by atoms with van der Waals surface area (Å²) in [4.78, 5) is 33.1. The average Bonchev–Trinajstić information content (AvgIpc) is 2.74. The third-order valence-electron chi connectivity index (χ3n) is 4.96. The van der Waals surface area contributed by atoms with E-state index in [2.05, 4.69) is 53.7 Å². The summed E-state index contributed by atoms with van der Waals surface area (Å²) in [5, 5.41) is 8.10. The Hall–Kier alpha value is -2.65. The van der Waals surface area contributed by atoms with Gasteiger partial charge in [0, 0.05) is 49.1 Å². The van der Waals surface area contributed by atoms with Gasteiger partial charge in [-0.3, -0.25) is 4.79 Å². The Morgan fingerprint density at radius 2 is 1.87 bits per heavy atom. The Morgan fingerprint density at radius 1 is 1.10 bits per heavy atom. The van der Waals surface area contributed by atoms with Crippen LogP contribution in [0.4, 0.5) is 16.3 Å². The number of hydrogen-bond donors (Lipinski definition) is 3. The van der Waals surface area contributed by atoms with Crippen LogP contribution >= 0.6 is 15.9 Å². The fourth-order valence-electron chi connectivity index (χ4n) is 3.11. The monoisotopic (exact) mass is 474 g/mol. The Kier molecular flexibility index (Phi) is 7.64. The van der Waals surface area contributed by atoms with Gasteiger partial charge < -0.3 is 25.8 Å². The van der Waals surface area contributed by atoms with Crippen LogP contribution in [0.2, 0.25) is 0 Å². The van der Waals surface area contributed by atoms with Crippen LogP contribution in [0, 0.1) is 6.92 Å². The van der Waals surface area contributed by atoms with E-state index < -0.39 is 6.03 Å². The Balaban J connectivity index is 1.39. The fraction of sp³-hybridized carbons (Fsp3) is 0.381. The number of aryl methyl sites for hydroxylation is 1. The molecule has 0 spiro atoms. The van der Waals surface area contributed by atoms with Crippen molar-refractivity contribution in [3.05, 3.63) is 52.1 Å². The average molecular weight is 475 g/mol. The molecule has 0 saturated carbocycles. The predicted molar refractivity (Wildman–Crippen MR) is 122 cm³/mol. The van der Waals surface area contributed by atoms with Crippen molar-refractivity contribution in [2.45, 2.75) is 13.5 Å². The zero-order valence-corrected chi connectivity index (χ0v) is 18.8. The number of carbonyl (C=O) groups excluding carboxylic acids is 2. The first-order valence-electron chi connectivity index (χ1n) is 9.87. The number of pyridine rings is 1. The second kappa shape index (κ2) is 10.4. The number of carbonyl (C=O) groups is 2. The largest absolute Gasteiger partial charge is 0.354 e. The van der Waals surface area contributed by atoms with Gasteiger partial charge in [-0.05, 0) is 49.4 Å². The van der Waals surface area contributed by atoms with Gasteiger partial charge in [0.2, 0.25) is 5.91 Å². The second-order valence-electron chi connectivity index (χ2n) is 7.36. The zero-order valence-electron chi connectivity index (χ0n) is 17.2. The van der Waals surface area contributed by atoms with Crippen LogP contribution in [0.15, 0.2) is 41.0 Å². The van der Waals surface area contributed by atoms with Gasteiger partial charge in [0.15, 0.2) is 0 Å². The number of likely N-dealkylation sites (N-methyl/N-ethyl adjacent to an activating group) is 1. The normalized spacial score (nSPS) is 14.3. The third kappa shape index (κ3) is 6.43. The molecular formula is C21H27BrN6O2. The van der Waals surface area contributed by atoms with Crippen molar-refractivity contribution >= 4 is 39.4 Å². The number of nitrogens with one attached hydrogen (secondary N) is 3. The van der Waals surface area contributed by atoms with Crippen LogP contribution in [0.25, 0.3) is 0 Å². The number of nitrogens with zero attached hydrogens (tertiary/aromatic N) is 3. The molecule has 160 valence electrons. The number of halogens is 1. The minimum Gasteiger partial charge on any atom is -0.354 e. The molecule has 1 fully saturated rings. The first kappa shape index (κ1) is 22.0. The maximum atomic E-state index is 12.1. The lowest BCUT2D eigenvalue weighted by molar-refractivity contribution is -0.115. The molecule has 3 rings (SSSR count). The zero-order chi connectivity index (χ0) is 21.5. The van der Waals surface area contributed by atoms with E-state index in [0.717, 1.165) is 53.3 Å². The molecule has 1 saturated heterocycles. The lowest BCUT2D eigenvalue weighted by Gasteiger charge is -2.33. The van der Waals surface area contributed by atoms with Crippen molar-refractivity contribution in [2.24, 2.45) is 0 Å². The summed E-state index contributed by atoms with van der Waals surface area (Å²) in [6, 6.07) is 9.12. The molecule has 2 heterocycles. The summed E-state index contributed by atoms with van der Waals surface area (Å²) in [6.45, 7) is 6.12. The highest BCUT2D eigenvalue weighted by Crippen LogP contribution is 2.19. The second-order valence-corrected chi connectivity index (χ2v) is 8.27. The number of anilines is 2. The van der Waals surface area contributed by atoms with E-state index in [1.54, 1.807) is 6.20 Å². The van der Waals surface area contributed by atoms with Gasteiger partial charge in [-0.2, -0.15) is 0 Å². The van der Waals surface area contributed by atoms with Gasteiger partial charge in [-0.1, -0.05) is 22.0 Å². The molecular weight excluding hydrogens is 448 g/mol. The van der Waals surface area contributed by atoms with E-state index in [9.17, 15) is 9.59 Å². The Bertz CT molecular complexity index is 882. The van der Waals surface area contributed by atoms with Crippen molar-refractivity contribution in [1.29, 1.82) is 0 Å². The lowest BCUT2D eigenvalue weighted by atomic mass is 10.2. The van der Waals surface area contributed by atoms with Gasteiger partial charge in [-0.15, -0.1) is 0 Å². The maximum Gasteiger partial charge on any atom is 0.315 e. The summed E-state index contributed by atoms with van der Waals surface area (Å²) < 4.78 is 0.946. The summed E-state index contributed by atoms with van der Waals surface area (Å²) in [6.07, 6.45) is 1.77. The summed E-state index contributed by atoms with van der Waals surface area (Å²) in [5.74, 6) is 0.671. The fourth-order valence-corrected chi connectivity index (χ4v) is 3.59. The molecule has 30 heavy (non-hydrogen) atoms. The lowest BCUT2D eigenvalue weighted by Crippen LogP contribution is -2.44. The number of piperazine rings is 1. The first-order chi connectivity index (χ1) is 14.4. The van der Waals surface area contributed by atoms with Crippen LogP contribution in [-0.4, -0.2) is 61.6 Å². The number of benzene rings is 1. The van der Waals surface area contributed by atoms with Crippen LogP contribution in [0.3, 0.4) is 0 Å². The SMILES string of the molecule is Cc1cc(Br)ccc1NC(=O)CNC(=O)NCc1ccc(N2CCN(C)CC2)nc1. The van der Waals surface area contributed by atoms with E-state index in [-0.39, 0.29) is 12.5 Å². The van der Waals surface area contributed by atoms with Gasteiger partial charge in [-0.25, -0.2) is 9.78 Å². The van der Waals surface area contributed by atoms with Crippen LogP contribution in [0.1, 0.15) is 11.1 Å². The molecule has 2 aromatic rings. The van der Waals surface area contributed by atoms with E-state index in [0.29, 0.717) is 6.54 Å². The summed E-state index contributed by atoms with van der Waals surface area (Å²) in [7, 11) is 2.12. The van der Waals surface area contributed by atoms with Gasteiger partial charge in [0.1, 0.15) is 5.82 Å². The number of rotatable bonds is 6. The molecule has 8 nitrogen and oxygen atoms in total. The molecule has 3 N–H and O–H groups in total. The van der Waals surface area contributed by atoms with Crippen molar-refractivity contribution in [2.75, 3.05) is 50.0 Å². The molecule has 1 aromatic carbocycles. The van der Waals surface area contributed by atoms with E-state index in [4.69, 9.17) is 0 Å². The van der Waals surface area contributed by atoms with E-state index in [1.165, 1.54) is 0 Å². The summed E-state index contributed by atoms with van der Waals surface area (Å²) in [5.41, 5.74) is 2.56. The molecule has 0 aliphatic carbocycles. The number of amides is 3. The Morgan fingerprint density at radius 3 is 2.53 bits per heavy atom. The minimum absolute atomic E-state index is 0.109. The summed E-state index contributed by atoms with van der Waals surface area (Å²) >= 11 is 3.39. The number of aromatic nitrogens is 1. The first-order valence-corrected chi connectivity index (χ1v) is 10.7. The molecule has 0 unspecified atom stereocenters. The number of urea groups is 1. The molecule has 0 bridgehead atoms. The van der Waals surface area contributed by atoms with Crippen molar-refractivity contribution in [1.82, 2.24) is 20.5 Å². The number of hydrogen-bond acceptors (Lipinski definition) is 5. The smallest absolute Gasteiger partial charge is 0.315 e. The molecule has 1 aromatic heterocycles. The van der Waals surface area contributed by atoms with Gasteiger partial charge in [0.25, 0.3) is 0 Å². The van der Waals surface area contributed by atoms with Crippen LogP contribution in [-0.2, 0) is 11.3 Å². The highest BCUT2D eigenvalue weighted by Gasteiger charge is 2.15. The third-order valence-corrected chi connectivity index (χ3v) is 5.45. The molecule has 1 aliphatic rings. The van der Waals surface area contributed by atoms with Crippen molar-refractivity contribution in [3.63, 3.8) is 0 Å². The van der Waals surface area contributed by atoms with Gasteiger partial charge >= 0.3 is 6.03 Å². The standard InChI is InChI=1S/C21H27BrN6O2/c1-15-11-17(22)4-5-18(15)26-20(29)14-25-21(30)24-13-16-3-6-19(23-12-16)28-9-7-27(2)8-10-28/h3-6,11-12H,7-10,13-14H2,1-2H3,(H,26,29)(H2,24,25,30). The molecule has 9 heteroatoms. The molecule has 1 aliphatic heterocycles. The quantitative estimate of drug-likeness (QED) is 0.597. The maximum absolute atomic E-state index is 12.1. The van der Waals surface area contributed by atoms with E-state index >= 15 is 0 Å². The van der Waals surface area contributed by atoms with E-state index in [1.807, 2.05) is 37.3 Å². The Labute approximate surface area is 185 Å². The van der Waals surface area contributed by atoms with Crippen LogP contribution in [0.5, 0.6) is 0 Å². The minimum atomic E-state index is -0.402. The van der Waals surface area contributed by atoms with Crippen molar-refractivity contribution in [3.8, 4) is 0 Å². The van der Waals surface area contributed by atoms with Crippen LogP contribution < -0.4 is 20.9 Å². The molecule has 0 atom stereocenters. The van der Waals surface area contributed by atoms with Crippen molar-refractivity contribution < 1.29 is 9.59 Å². The highest BCUT2D eigenvalue weighted by molar-refractivity contribution is 9.10.